The molecule has 6 heteroatoms. The van der Waals surface area contributed by atoms with E-state index in [1.807, 2.05) is 30.3 Å². The highest BCUT2D eigenvalue weighted by molar-refractivity contribution is 7.89. The molecule has 0 spiro atoms. The maximum absolute atomic E-state index is 11.4. The van der Waals surface area contributed by atoms with E-state index in [-0.39, 0.29) is 18.2 Å². The van der Waals surface area contributed by atoms with Crippen LogP contribution in [-0.4, -0.2) is 33.2 Å². The third kappa shape index (κ3) is 6.93. The van der Waals surface area contributed by atoms with E-state index in [1.54, 1.807) is 0 Å². The summed E-state index contributed by atoms with van der Waals surface area (Å²) in [7, 11) is -3.30. The van der Waals surface area contributed by atoms with Crippen molar-refractivity contribution in [3.05, 3.63) is 35.9 Å². The van der Waals surface area contributed by atoms with Crippen LogP contribution >= 0.6 is 0 Å². The van der Waals surface area contributed by atoms with Crippen LogP contribution in [0.15, 0.2) is 30.3 Å². The van der Waals surface area contributed by atoms with Crippen molar-refractivity contribution in [2.75, 3.05) is 18.8 Å². The summed E-state index contributed by atoms with van der Waals surface area (Å²) >= 11 is 0. The number of sulfonamides is 1. The number of amides is 1. The highest BCUT2D eigenvalue weighted by Crippen LogP contribution is 2.01. The van der Waals surface area contributed by atoms with Gasteiger partial charge in [0.25, 0.3) is 0 Å². The van der Waals surface area contributed by atoms with Crippen molar-refractivity contribution in [2.24, 2.45) is 0 Å². The Morgan fingerprint density at radius 3 is 2.53 bits per heavy atom. The van der Waals surface area contributed by atoms with Gasteiger partial charge in [0, 0.05) is 6.54 Å². The molecule has 0 aromatic heterocycles. The fraction of sp³-hybridized carbons (Fsp3) is 0.462. The minimum Gasteiger partial charge on any atom is -0.355 e. The Balaban J connectivity index is 2.14. The van der Waals surface area contributed by atoms with E-state index in [9.17, 15) is 13.2 Å². The van der Waals surface area contributed by atoms with Crippen LogP contribution in [0.25, 0.3) is 0 Å². The number of nitrogens with one attached hydrogen (secondary N) is 2. The summed E-state index contributed by atoms with van der Waals surface area (Å²) in [4.78, 5) is 11.4. The first-order valence-electron chi connectivity index (χ1n) is 6.31. The lowest BCUT2D eigenvalue weighted by atomic mass is 10.1. The molecule has 0 radical (unpaired) electrons. The Morgan fingerprint density at radius 1 is 1.21 bits per heavy atom. The topological polar surface area (TPSA) is 75.3 Å². The van der Waals surface area contributed by atoms with E-state index >= 15 is 0 Å². The summed E-state index contributed by atoms with van der Waals surface area (Å²) in [6, 6.07) is 10.0. The van der Waals surface area contributed by atoms with Gasteiger partial charge in [0.05, 0.1) is 12.3 Å². The zero-order chi connectivity index (χ0) is 14.1. The molecule has 2 N–H and O–H groups in total. The third-order valence-corrected chi connectivity index (χ3v) is 3.98. The van der Waals surface area contributed by atoms with E-state index in [0.717, 1.165) is 12.8 Å². The van der Waals surface area contributed by atoms with Crippen molar-refractivity contribution in [1.29, 1.82) is 0 Å². The number of aryl methyl sites for hydroxylation is 1. The maximum Gasteiger partial charge on any atom is 0.235 e. The minimum atomic E-state index is -3.30. The van der Waals surface area contributed by atoms with Crippen LogP contribution in [0.3, 0.4) is 0 Å². The summed E-state index contributed by atoms with van der Waals surface area (Å²) in [5.41, 5.74) is 1.23. The number of carbonyl (C=O) groups is 1. The first-order chi connectivity index (χ1) is 9.03. The Hall–Kier alpha value is -1.40. The Kier molecular flexibility index (Phi) is 6.52. The van der Waals surface area contributed by atoms with E-state index in [0.29, 0.717) is 6.54 Å². The second-order valence-electron chi connectivity index (χ2n) is 4.16. The molecule has 0 saturated carbocycles. The van der Waals surface area contributed by atoms with Gasteiger partial charge in [0.15, 0.2) is 0 Å². The van der Waals surface area contributed by atoms with Crippen molar-refractivity contribution in [2.45, 2.75) is 19.8 Å². The van der Waals surface area contributed by atoms with Gasteiger partial charge in [-0.2, -0.15) is 0 Å². The van der Waals surface area contributed by atoms with Gasteiger partial charge in [-0.25, -0.2) is 13.1 Å². The van der Waals surface area contributed by atoms with E-state index in [4.69, 9.17) is 0 Å². The highest BCUT2D eigenvalue weighted by Gasteiger charge is 2.08. The van der Waals surface area contributed by atoms with Gasteiger partial charge in [-0.3, -0.25) is 4.79 Å². The van der Waals surface area contributed by atoms with Crippen molar-refractivity contribution in [3.63, 3.8) is 0 Å². The van der Waals surface area contributed by atoms with Gasteiger partial charge in [-0.1, -0.05) is 30.3 Å². The maximum atomic E-state index is 11.4. The minimum absolute atomic E-state index is 0.0196. The lowest BCUT2D eigenvalue weighted by molar-refractivity contribution is -0.119. The van der Waals surface area contributed by atoms with E-state index < -0.39 is 10.0 Å². The molecule has 0 aliphatic heterocycles. The molecule has 0 heterocycles. The molecule has 0 aliphatic carbocycles. The number of carbonyl (C=O) groups excluding carboxylic acids is 1. The zero-order valence-electron chi connectivity index (χ0n) is 11.1. The lowest BCUT2D eigenvalue weighted by Gasteiger charge is -2.06. The molecule has 0 fully saturated rings. The molecule has 5 nitrogen and oxygen atoms in total. The first-order valence-corrected chi connectivity index (χ1v) is 7.96. The van der Waals surface area contributed by atoms with Crippen LogP contribution in [0, 0.1) is 0 Å². The molecule has 106 valence electrons. The summed E-state index contributed by atoms with van der Waals surface area (Å²) in [5, 5.41) is 2.68. The summed E-state index contributed by atoms with van der Waals surface area (Å²) in [5.74, 6) is -0.320. The number of hydrogen-bond donors (Lipinski definition) is 2. The van der Waals surface area contributed by atoms with E-state index in [1.165, 1.54) is 12.5 Å². The van der Waals surface area contributed by atoms with Gasteiger partial charge in [0.2, 0.25) is 15.9 Å². The average Bonchev–Trinajstić information content (AvgIpc) is 2.43. The predicted octanol–water partition coefficient (Wildman–Crippen LogP) is 0.675. The third-order valence-electron chi connectivity index (χ3n) is 2.64. The van der Waals surface area contributed by atoms with Gasteiger partial charge in [0.1, 0.15) is 0 Å². The van der Waals surface area contributed by atoms with Crippen LogP contribution < -0.4 is 10.0 Å². The van der Waals surface area contributed by atoms with Crippen molar-refractivity contribution in [3.8, 4) is 0 Å². The normalized spacial score (nSPS) is 11.2. The molecule has 0 bridgehead atoms. The number of rotatable bonds is 8. The molecular weight excluding hydrogens is 264 g/mol. The smallest absolute Gasteiger partial charge is 0.235 e. The largest absolute Gasteiger partial charge is 0.355 e. The Labute approximate surface area is 114 Å². The molecular formula is C13H20N2O3S. The molecule has 0 unspecified atom stereocenters. The lowest BCUT2D eigenvalue weighted by Crippen LogP contribution is -2.37. The second kappa shape index (κ2) is 7.91. The van der Waals surface area contributed by atoms with Crippen molar-refractivity contribution >= 4 is 15.9 Å². The van der Waals surface area contributed by atoms with E-state index in [2.05, 4.69) is 10.0 Å². The molecule has 1 rings (SSSR count). The van der Waals surface area contributed by atoms with Crippen LogP contribution in [0.5, 0.6) is 0 Å². The SMILES string of the molecule is CCS(=O)(=O)NCC(=O)NCCCc1ccccc1. The van der Waals surface area contributed by atoms with Crippen molar-refractivity contribution in [1.82, 2.24) is 10.0 Å². The van der Waals surface area contributed by atoms with Gasteiger partial charge in [-0.05, 0) is 25.3 Å². The first kappa shape index (κ1) is 15.7. The molecule has 0 atom stereocenters. The van der Waals surface area contributed by atoms with Gasteiger partial charge in [-0.15, -0.1) is 0 Å². The quantitative estimate of drug-likeness (QED) is 0.689. The van der Waals surface area contributed by atoms with Crippen LogP contribution in [-0.2, 0) is 21.2 Å². The van der Waals surface area contributed by atoms with Crippen LogP contribution in [0.2, 0.25) is 0 Å². The van der Waals surface area contributed by atoms with Crippen LogP contribution in [0.4, 0.5) is 0 Å². The molecule has 1 aromatic rings. The fourth-order valence-corrected chi connectivity index (χ4v) is 2.06. The standard InChI is InChI=1S/C13H20N2O3S/c1-2-19(17,18)15-11-13(16)14-10-6-9-12-7-4-3-5-8-12/h3-5,7-8,15H,2,6,9-11H2,1H3,(H,14,16). The molecule has 1 amide bonds. The van der Waals surface area contributed by atoms with Gasteiger partial charge < -0.3 is 5.32 Å². The monoisotopic (exact) mass is 284 g/mol. The molecule has 19 heavy (non-hydrogen) atoms. The Morgan fingerprint density at radius 2 is 1.89 bits per heavy atom. The summed E-state index contributed by atoms with van der Waals surface area (Å²) in [6.07, 6.45) is 1.72. The number of hydrogen-bond acceptors (Lipinski definition) is 3. The van der Waals surface area contributed by atoms with Crippen molar-refractivity contribution < 1.29 is 13.2 Å². The Bertz CT molecular complexity index is 486. The summed E-state index contributed by atoms with van der Waals surface area (Å²) in [6.45, 7) is 1.88. The zero-order valence-corrected chi connectivity index (χ0v) is 11.9. The molecule has 0 saturated heterocycles. The second-order valence-corrected chi connectivity index (χ2v) is 6.26. The van der Waals surface area contributed by atoms with Crippen LogP contribution in [0.1, 0.15) is 18.9 Å². The highest BCUT2D eigenvalue weighted by atomic mass is 32.2. The summed E-state index contributed by atoms with van der Waals surface area (Å²) < 4.78 is 24.5. The predicted molar refractivity (Wildman–Crippen MR) is 75.2 cm³/mol. The average molecular weight is 284 g/mol. The number of benzene rings is 1. The fourth-order valence-electron chi connectivity index (χ4n) is 1.51. The van der Waals surface area contributed by atoms with Gasteiger partial charge >= 0.3 is 0 Å². The molecule has 1 aromatic carbocycles. The molecule has 0 aliphatic rings.